The lowest BCUT2D eigenvalue weighted by Gasteiger charge is -2.41. The lowest BCUT2D eigenvalue weighted by molar-refractivity contribution is -0.136. The maximum absolute atomic E-state index is 11.8. The Labute approximate surface area is 124 Å². The summed E-state index contributed by atoms with van der Waals surface area (Å²) < 4.78 is 11.2. The van der Waals surface area contributed by atoms with E-state index in [1.54, 1.807) is 0 Å². The molecule has 0 spiro atoms. The average Bonchev–Trinajstić information content (AvgIpc) is 2.31. The van der Waals surface area contributed by atoms with Gasteiger partial charge in [-0.2, -0.15) is 0 Å². The predicted molar refractivity (Wildman–Crippen MR) is 85.1 cm³/mol. The molecule has 0 aliphatic heterocycles. The van der Waals surface area contributed by atoms with E-state index in [4.69, 9.17) is 9.16 Å². The average molecular weight is 296 g/mol. The zero-order chi connectivity index (χ0) is 15.7. The molecule has 0 fully saturated rings. The molecule has 3 nitrogen and oxygen atoms in total. The predicted octanol–water partition coefficient (Wildman–Crippen LogP) is 4.07. The molecule has 0 aromatic heterocycles. The van der Waals surface area contributed by atoms with Crippen LogP contribution < -0.4 is 0 Å². The van der Waals surface area contributed by atoms with E-state index in [-0.39, 0.29) is 23.0 Å². The number of rotatable bonds is 3. The molecule has 0 amide bonds. The molecule has 0 bridgehead atoms. The van der Waals surface area contributed by atoms with Gasteiger partial charge in [0.2, 0.25) is 0 Å². The third-order valence-electron chi connectivity index (χ3n) is 4.55. The first kappa shape index (κ1) is 17.2. The summed E-state index contributed by atoms with van der Waals surface area (Å²) in [5, 5.41) is 0.132. The number of esters is 1. The molecule has 0 aromatic carbocycles. The van der Waals surface area contributed by atoms with Crippen LogP contribution in [0.2, 0.25) is 18.1 Å². The number of carbonyl (C=O) groups excluding carboxylic acids is 1. The highest BCUT2D eigenvalue weighted by molar-refractivity contribution is 6.74. The van der Waals surface area contributed by atoms with E-state index >= 15 is 0 Å². The van der Waals surface area contributed by atoms with Crippen LogP contribution in [0.5, 0.6) is 0 Å². The first-order valence-corrected chi connectivity index (χ1v) is 10.1. The molecule has 0 heterocycles. The number of ether oxygens (including phenoxy) is 1. The van der Waals surface area contributed by atoms with Gasteiger partial charge in [-0.3, -0.25) is 0 Å². The van der Waals surface area contributed by atoms with Crippen molar-refractivity contribution >= 4 is 14.3 Å². The van der Waals surface area contributed by atoms with Gasteiger partial charge >= 0.3 is 5.97 Å². The molecule has 0 radical (unpaired) electrons. The number of methoxy groups -OCH3 is 1. The van der Waals surface area contributed by atoms with Gasteiger partial charge in [0, 0.05) is 5.57 Å². The number of hydrogen-bond donors (Lipinski definition) is 0. The molecular weight excluding hydrogens is 268 g/mol. The molecule has 0 saturated heterocycles. The van der Waals surface area contributed by atoms with Crippen LogP contribution in [-0.4, -0.2) is 27.5 Å². The van der Waals surface area contributed by atoms with Crippen molar-refractivity contribution in [2.45, 2.75) is 58.4 Å². The Balaban J connectivity index is 3.02. The maximum atomic E-state index is 11.8. The summed E-state index contributed by atoms with van der Waals surface area (Å²) in [5.41, 5.74) is 1.76. The minimum absolute atomic E-state index is 0.132. The lowest BCUT2D eigenvalue weighted by Crippen LogP contribution is -2.45. The van der Waals surface area contributed by atoms with Crippen molar-refractivity contribution in [2.24, 2.45) is 5.92 Å². The van der Waals surface area contributed by atoms with Crippen LogP contribution in [0.15, 0.2) is 23.8 Å². The third-order valence-corrected chi connectivity index (χ3v) is 9.01. The van der Waals surface area contributed by atoms with Crippen LogP contribution in [0.3, 0.4) is 0 Å². The Morgan fingerprint density at radius 3 is 2.40 bits per heavy atom. The molecule has 0 saturated carbocycles. The zero-order valence-electron chi connectivity index (χ0n) is 13.9. The van der Waals surface area contributed by atoms with Gasteiger partial charge in [-0.15, -0.1) is 0 Å². The van der Waals surface area contributed by atoms with Gasteiger partial charge in [0.1, 0.15) is 0 Å². The minimum atomic E-state index is -1.90. The molecule has 0 N–H and O–H groups in total. The van der Waals surface area contributed by atoms with E-state index in [2.05, 4.69) is 47.4 Å². The second-order valence-corrected chi connectivity index (χ2v) is 11.9. The summed E-state index contributed by atoms with van der Waals surface area (Å²) >= 11 is 0. The largest absolute Gasteiger partial charge is 0.466 e. The van der Waals surface area contributed by atoms with Crippen LogP contribution in [0.1, 0.15) is 34.1 Å². The number of carbonyl (C=O) groups is 1. The Hall–Kier alpha value is -0.873. The minimum Gasteiger partial charge on any atom is -0.466 e. The Bertz CT molecular complexity index is 429. The van der Waals surface area contributed by atoms with Crippen molar-refractivity contribution in [2.75, 3.05) is 7.11 Å². The van der Waals surface area contributed by atoms with Gasteiger partial charge in [-0.25, -0.2) is 4.79 Å². The van der Waals surface area contributed by atoms with Crippen molar-refractivity contribution in [3.05, 3.63) is 23.8 Å². The highest BCUT2D eigenvalue weighted by Gasteiger charge is 2.40. The van der Waals surface area contributed by atoms with Crippen LogP contribution >= 0.6 is 0 Å². The molecule has 1 aliphatic carbocycles. The molecule has 2 atom stereocenters. The number of hydrogen-bond acceptors (Lipinski definition) is 3. The summed E-state index contributed by atoms with van der Waals surface area (Å²) in [7, 11) is -0.478. The first-order chi connectivity index (χ1) is 8.99. The van der Waals surface area contributed by atoms with Crippen molar-refractivity contribution in [1.82, 2.24) is 0 Å². The van der Waals surface area contributed by atoms with Gasteiger partial charge < -0.3 is 9.16 Å². The van der Waals surface area contributed by atoms with E-state index in [9.17, 15) is 4.79 Å². The van der Waals surface area contributed by atoms with Crippen LogP contribution in [0.4, 0.5) is 0 Å². The quantitative estimate of drug-likeness (QED) is 0.447. The molecule has 1 rings (SSSR count). The summed E-state index contributed by atoms with van der Waals surface area (Å²) in [6.45, 7) is 17.3. The maximum Gasteiger partial charge on any atom is 0.333 e. The van der Waals surface area contributed by atoms with Gasteiger partial charge in [0.05, 0.1) is 13.2 Å². The monoisotopic (exact) mass is 296 g/mol. The van der Waals surface area contributed by atoms with Crippen LogP contribution in [-0.2, 0) is 14.0 Å². The lowest BCUT2D eigenvalue weighted by atomic mass is 9.85. The van der Waals surface area contributed by atoms with Gasteiger partial charge in [0.25, 0.3) is 0 Å². The molecule has 114 valence electrons. The first-order valence-electron chi connectivity index (χ1n) is 7.15. The standard InChI is InChI=1S/C16H28O3Si/c1-11-9-13(15(17)18-6)10-14(12(11)2)19-20(7,8)16(3,4)5/h10-11,14H,2,9H2,1,3-8H3/t11-,14-/m1/s1. The molecular formula is C16H28O3Si. The SMILES string of the molecule is C=C1[C@H](C)CC(C(=O)OC)=C[C@H]1O[Si](C)(C)C(C)(C)C. The summed E-state index contributed by atoms with van der Waals surface area (Å²) in [6.07, 6.45) is 2.41. The normalized spacial score (nSPS) is 24.4. The topological polar surface area (TPSA) is 35.5 Å². The molecule has 0 unspecified atom stereocenters. The van der Waals surface area contributed by atoms with Crippen molar-refractivity contribution in [3.8, 4) is 0 Å². The van der Waals surface area contributed by atoms with E-state index in [1.807, 2.05) is 6.08 Å². The fourth-order valence-electron chi connectivity index (χ4n) is 1.99. The second-order valence-electron chi connectivity index (χ2n) is 7.16. The Kier molecular flexibility index (Phi) is 5.03. The fourth-order valence-corrected chi connectivity index (χ4v) is 3.19. The van der Waals surface area contributed by atoms with Crippen molar-refractivity contribution in [3.63, 3.8) is 0 Å². The summed E-state index contributed by atoms with van der Waals surface area (Å²) in [5.74, 6) is -0.0166. The fraction of sp³-hybridized carbons (Fsp3) is 0.688. The van der Waals surface area contributed by atoms with Gasteiger partial charge in [-0.05, 0) is 42.1 Å². The summed E-state index contributed by atoms with van der Waals surface area (Å²) in [4.78, 5) is 11.8. The highest BCUT2D eigenvalue weighted by Crippen LogP contribution is 2.40. The summed E-state index contributed by atoms with van der Waals surface area (Å²) in [6, 6.07) is 0. The van der Waals surface area contributed by atoms with E-state index in [0.29, 0.717) is 12.0 Å². The van der Waals surface area contributed by atoms with Gasteiger partial charge in [0.15, 0.2) is 8.32 Å². The van der Waals surface area contributed by atoms with Crippen molar-refractivity contribution < 1.29 is 14.0 Å². The molecule has 0 aromatic rings. The van der Waals surface area contributed by atoms with E-state index in [0.717, 1.165) is 5.57 Å². The smallest absolute Gasteiger partial charge is 0.333 e. The second kappa shape index (κ2) is 5.86. The highest BCUT2D eigenvalue weighted by atomic mass is 28.4. The molecule has 20 heavy (non-hydrogen) atoms. The zero-order valence-corrected chi connectivity index (χ0v) is 14.9. The van der Waals surface area contributed by atoms with Crippen LogP contribution in [0, 0.1) is 5.92 Å². The van der Waals surface area contributed by atoms with E-state index < -0.39 is 8.32 Å². The van der Waals surface area contributed by atoms with Crippen LogP contribution in [0.25, 0.3) is 0 Å². The Morgan fingerprint density at radius 2 is 1.95 bits per heavy atom. The van der Waals surface area contributed by atoms with Gasteiger partial charge in [-0.1, -0.05) is 34.3 Å². The van der Waals surface area contributed by atoms with Crippen molar-refractivity contribution in [1.29, 1.82) is 0 Å². The molecule has 1 aliphatic rings. The third kappa shape index (κ3) is 3.61. The van der Waals surface area contributed by atoms with E-state index in [1.165, 1.54) is 7.11 Å². The Morgan fingerprint density at radius 1 is 1.40 bits per heavy atom. The molecule has 4 heteroatoms.